The topological polar surface area (TPSA) is 56.8 Å². The van der Waals surface area contributed by atoms with Crippen molar-refractivity contribution in [2.45, 2.75) is 90.1 Å². The molecular formula is C33H48N6O. The van der Waals surface area contributed by atoms with Crippen LogP contribution in [-0.2, 0) is 0 Å². The highest BCUT2D eigenvalue weighted by molar-refractivity contribution is 5.93. The maximum absolute atomic E-state index is 5.85. The third kappa shape index (κ3) is 6.04. The molecule has 0 radical (unpaired) electrons. The molecule has 0 atom stereocenters. The van der Waals surface area contributed by atoms with Crippen molar-refractivity contribution >= 4 is 22.7 Å². The van der Waals surface area contributed by atoms with Gasteiger partial charge in [0.25, 0.3) is 0 Å². The third-order valence-electron chi connectivity index (χ3n) is 9.97. The van der Waals surface area contributed by atoms with Crippen LogP contribution in [0.5, 0.6) is 5.75 Å². The summed E-state index contributed by atoms with van der Waals surface area (Å²) in [6, 6.07) is 5.26. The summed E-state index contributed by atoms with van der Waals surface area (Å²) in [6.07, 6.45) is 12.5. The first-order valence-corrected chi connectivity index (χ1v) is 15.9. The Kier molecular flexibility index (Phi) is 8.37. The molecule has 4 fully saturated rings. The molecule has 1 N–H and O–H groups in total. The fourth-order valence-corrected chi connectivity index (χ4v) is 7.43. The minimum Gasteiger partial charge on any atom is -0.495 e. The van der Waals surface area contributed by atoms with Crippen LogP contribution < -0.4 is 15.0 Å². The quantitative estimate of drug-likeness (QED) is 0.460. The van der Waals surface area contributed by atoms with E-state index in [0.29, 0.717) is 17.5 Å². The van der Waals surface area contributed by atoms with Crippen LogP contribution in [0, 0.1) is 17.3 Å². The van der Waals surface area contributed by atoms with E-state index >= 15 is 0 Å². The Balaban J connectivity index is 1.29. The van der Waals surface area contributed by atoms with E-state index in [9.17, 15) is 0 Å². The lowest BCUT2D eigenvalue weighted by molar-refractivity contribution is 0.177. The van der Waals surface area contributed by atoms with Crippen molar-refractivity contribution in [1.82, 2.24) is 19.8 Å². The average Bonchev–Trinajstić information content (AvgIpc) is 3.75. The van der Waals surface area contributed by atoms with Gasteiger partial charge in [-0.25, -0.2) is 4.98 Å². The van der Waals surface area contributed by atoms with Gasteiger partial charge in [-0.2, -0.15) is 4.98 Å². The molecule has 3 saturated heterocycles. The smallest absolute Gasteiger partial charge is 0.227 e. The zero-order valence-corrected chi connectivity index (χ0v) is 25.0. The van der Waals surface area contributed by atoms with Gasteiger partial charge >= 0.3 is 0 Å². The first-order chi connectivity index (χ1) is 19.5. The Labute approximate surface area is 241 Å². The van der Waals surface area contributed by atoms with Gasteiger partial charge in [0, 0.05) is 56.6 Å². The number of nitrogens with zero attached hydrogens (tertiary/aromatic N) is 5. The SMILES string of the molecule is COc1cc2c(NC3CCN(C(C)C)CC3)nc(N3CCC4(CCCC4)C3)nc2cc1C#CCCN1CCCC1. The number of fused-ring (bicyclic) bond motifs is 1. The van der Waals surface area contributed by atoms with E-state index in [0.717, 1.165) is 86.0 Å². The number of ether oxygens (including phenoxy) is 1. The number of hydrogen-bond acceptors (Lipinski definition) is 7. The maximum atomic E-state index is 5.85. The summed E-state index contributed by atoms with van der Waals surface area (Å²) in [5.74, 6) is 9.47. The van der Waals surface area contributed by atoms with E-state index in [-0.39, 0.29) is 0 Å². The molecule has 4 aliphatic rings. The molecule has 0 bridgehead atoms. The second-order valence-corrected chi connectivity index (χ2v) is 13.0. The average molecular weight is 545 g/mol. The Bertz CT molecular complexity index is 1230. The molecule has 1 aliphatic carbocycles. The molecule has 1 aromatic carbocycles. The Morgan fingerprint density at radius 2 is 1.77 bits per heavy atom. The van der Waals surface area contributed by atoms with Gasteiger partial charge < -0.3 is 24.8 Å². The molecule has 1 saturated carbocycles. The summed E-state index contributed by atoms with van der Waals surface area (Å²) in [5.41, 5.74) is 2.36. The summed E-state index contributed by atoms with van der Waals surface area (Å²) in [6.45, 7) is 12.5. The van der Waals surface area contributed by atoms with Crippen LogP contribution >= 0.6 is 0 Å². The summed E-state index contributed by atoms with van der Waals surface area (Å²) < 4.78 is 5.85. The number of rotatable bonds is 7. The number of piperidine rings is 1. The molecule has 7 nitrogen and oxygen atoms in total. The largest absolute Gasteiger partial charge is 0.495 e. The second kappa shape index (κ2) is 12.1. The van der Waals surface area contributed by atoms with E-state index in [2.05, 4.69) is 57.8 Å². The molecule has 6 rings (SSSR count). The van der Waals surface area contributed by atoms with Gasteiger partial charge in [0.05, 0.1) is 18.2 Å². The summed E-state index contributed by atoms with van der Waals surface area (Å²) >= 11 is 0. The van der Waals surface area contributed by atoms with E-state index in [1.165, 1.54) is 58.0 Å². The van der Waals surface area contributed by atoms with Gasteiger partial charge in [0.15, 0.2) is 0 Å². The molecule has 216 valence electrons. The maximum Gasteiger partial charge on any atom is 0.227 e. The van der Waals surface area contributed by atoms with Crippen LogP contribution in [0.25, 0.3) is 10.9 Å². The molecule has 2 aromatic rings. The number of aromatic nitrogens is 2. The molecule has 1 spiro atoms. The fraction of sp³-hybridized carbons (Fsp3) is 0.697. The zero-order valence-electron chi connectivity index (χ0n) is 25.0. The minimum absolute atomic E-state index is 0.414. The molecule has 7 heteroatoms. The van der Waals surface area contributed by atoms with Gasteiger partial charge in [0.2, 0.25) is 5.95 Å². The first-order valence-electron chi connectivity index (χ1n) is 15.9. The highest BCUT2D eigenvalue weighted by Crippen LogP contribution is 2.46. The number of hydrogen-bond donors (Lipinski definition) is 1. The number of nitrogens with one attached hydrogen (secondary N) is 1. The molecule has 40 heavy (non-hydrogen) atoms. The first kappa shape index (κ1) is 27.6. The molecule has 1 aromatic heterocycles. The van der Waals surface area contributed by atoms with Crippen molar-refractivity contribution in [2.24, 2.45) is 5.41 Å². The van der Waals surface area contributed by atoms with Gasteiger partial charge in [-0.15, -0.1) is 0 Å². The normalized spacial score (nSPS) is 21.9. The van der Waals surface area contributed by atoms with Crippen LogP contribution in [-0.4, -0.2) is 84.8 Å². The lowest BCUT2D eigenvalue weighted by Crippen LogP contribution is -2.42. The lowest BCUT2D eigenvalue weighted by Gasteiger charge is -2.35. The monoisotopic (exact) mass is 544 g/mol. The standard InChI is InChI=1S/C33H48N6O/c1-25(2)38-19-11-27(12-20-38)34-31-28-23-30(40-3)26(10-4-7-16-37-17-8-9-18-37)22-29(28)35-32(36-31)39-21-15-33(24-39)13-5-6-14-33/h22-23,25,27H,5-9,11-21,24H2,1-3H3,(H,34,35,36). The van der Waals surface area contributed by atoms with Gasteiger partial charge in [-0.1, -0.05) is 24.7 Å². The molecule has 4 heterocycles. The van der Waals surface area contributed by atoms with E-state index in [1.807, 2.05) is 0 Å². The van der Waals surface area contributed by atoms with Crippen LogP contribution in [0.2, 0.25) is 0 Å². The summed E-state index contributed by atoms with van der Waals surface area (Å²) in [4.78, 5) is 17.9. The number of methoxy groups -OCH3 is 1. The van der Waals surface area contributed by atoms with E-state index in [1.54, 1.807) is 7.11 Å². The highest BCUT2D eigenvalue weighted by Gasteiger charge is 2.41. The molecular weight excluding hydrogens is 496 g/mol. The van der Waals surface area contributed by atoms with Crippen molar-refractivity contribution in [3.63, 3.8) is 0 Å². The predicted molar refractivity (Wildman–Crippen MR) is 164 cm³/mol. The Morgan fingerprint density at radius 3 is 2.50 bits per heavy atom. The van der Waals surface area contributed by atoms with Crippen LogP contribution in [0.4, 0.5) is 11.8 Å². The van der Waals surface area contributed by atoms with Gasteiger partial charge in [0.1, 0.15) is 11.6 Å². The number of benzene rings is 1. The fourth-order valence-electron chi connectivity index (χ4n) is 7.43. The van der Waals surface area contributed by atoms with Crippen LogP contribution in [0.3, 0.4) is 0 Å². The Hall–Kier alpha value is -2.56. The van der Waals surface area contributed by atoms with E-state index in [4.69, 9.17) is 14.7 Å². The van der Waals surface area contributed by atoms with Crippen molar-refractivity contribution in [3.05, 3.63) is 17.7 Å². The molecule has 0 unspecified atom stereocenters. The van der Waals surface area contributed by atoms with Crippen molar-refractivity contribution in [3.8, 4) is 17.6 Å². The second-order valence-electron chi connectivity index (χ2n) is 13.0. The van der Waals surface area contributed by atoms with Crippen molar-refractivity contribution in [2.75, 3.05) is 63.1 Å². The predicted octanol–water partition coefficient (Wildman–Crippen LogP) is 5.53. The lowest BCUT2D eigenvalue weighted by atomic mass is 9.86. The van der Waals surface area contributed by atoms with Gasteiger partial charge in [-0.3, -0.25) is 0 Å². The van der Waals surface area contributed by atoms with Crippen LogP contribution in [0.15, 0.2) is 12.1 Å². The number of anilines is 2. The number of likely N-dealkylation sites (tertiary alicyclic amines) is 2. The Morgan fingerprint density at radius 1 is 1.00 bits per heavy atom. The summed E-state index contributed by atoms with van der Waals surface area (Å²) in [7, 11) is 1.74. The third-order valence-corrected chi connectivity index (χ3v) is 9.97. The van der Waals surface area contributed by atoms with Crippen molar-refractivity contribution in [1.29, 1.82) is 0 Å². The minimum atomic E-state index is 0.414. The van der Waals surface area contributed by atoms with Gasteiger partial charge in [-0.05, 0) is 89.4 Å². The van der Waals surface area contributed by atoms with E-state index < -0.39 is 0 Å². The molecule has 3 aliphatic heterocycles. The molecule has 0 amide bonds. The zero-order chi connectivity index (χ0) is 27.5. The van der Waals surface area contributed by atoms with Crippen molar-refractivity contribution < 1.29 is 4.74 Å². The summed E-state index contributed by atoms with van der Waals surface area (Å²) in [5, 5.41) is 4.89. The van der Waals surface area contributed by atoms with Crippen LogP contribution in [0.1, 0.15) is 83.6 Å². The highest BCUT2D eigenvalue weighted by atomic mass is 16.5.